The molecule has 1 aromatic heterocycles. The summed E-state index contributed by atoms with van der Waals surface area (Å²) in [4.78, 5) is 18.6. The van der Waals surface area contributed by atoms with Crippen LogP contribution in [0.2, 0.25) is 0 Å². The molecule has 0 fully saturated rings. The molecule has 1 aromatic rings. The normalized spacial score (nSPS) is 13.7. The van der Waals surface area contributed by atoms with Crippen LogP contribution < -0.4 is 11.1 Å². The fourth-order valence-corrected chi connectivity index (χ4v) is 1.51. The second-order valence-electron chi connectivity index (χ2n) is 4.04. The molecule has 0 saturated heterocycles. The summed E-state index contributed by atoms with van der Waals surface area (Å²) in [5.41, 5.74) is 6.28. The number of oxime groups is 1. The molecule has 7 nitrogen and oxygen atoms in total. The molecule has 1 atom stereocenters. The van der Waals surface area contributed by atoms with Gasteiger partial charge in [-0.25, -0.2) is 4.98 Å². The second-order valence-corrected chi connectivity index (χ2v) is 4.04. The SMILES string of the molecule is CC(C)C(C(=O)NCc1cnc[nH]1)C(N)=NO. The Morgan fingerprint density at radius 3 is 2.88 bits per heavy atom. The van der Waals surface area contributed by atoms with Crippen molar-refractivity contribution in [3.8, 4) is 0 Å². The monoisotopic (exact) mass is 239 g/mol. The molecule has 0 aromatic carbocycles. The molecule has 0 saturated carbocycles. The van der Waals surface area contributed by atoms with Crippen LogP contribution in [0.5, 0.6) is 0 Å². The lowest BCUT2D eigenvalue weighted by molar-refractivity contribution is -0.124. The predicted octanol–water partition coefficient (Wildman–Crippen LogP) is 0.0445. The maximum Gasteiger partial charge on any atom is 0.231 e. The summed E-state index contributed by atoms with van der Waals surface area (Å²) in [6.45, 7) is 4.00. The number of carbonyl (C=O) groups excluding carboxylic acids is 1. The van der Waals surface area contributed by atoms with Gasteiger partial charge in [0.2, 0.25) is 5.91 Å². The van der Waals surface area contributed by atoms with E-state index in [1.165, 1.54) is 6.33 Å². The minimum atomic E-state index is -0.636. The summed E-state index contributed by atoms with van der Waals surface area (Å²) in [6, 6.07) is 0. The first-order valence-electron chi connectivity index (χ1n) is 5.28. The molecule has 1 heterocycles. The number of hydrogen-bond acceptors (Lipinski definition) is 4. The fourth-order valence-electron chi connectivity index (χ4n) is 1.51. The quantitative estimate of drug-likeness (QED) is 0.251. The van der Waals surface area contributed by atoms with Gasteiger partial charge in [-0.3, -0.25) is 4.79 Å². The second kappa shape index (κ2) is 5.88. The predicted molar refractivity (Wildman–Crippen MR) is 62.2 cm³/mol. The Kier molecular flexibility index (Phi) is 4.50. The maximum atomic E-state index is 11.9. The van der Waals surface area contributed by atoms with E-state index >= 15 is 0 Å². The molecule has 0 aliphatic heterocycles. The van der Waals surface area contributed by atoms with Crippen molar-refractivity contribution in [1.82, 2.24) is 15.3 Å². The third kappa shape index (κ3) is 3.47. The van der Waals surface area contributed by atoms with Crippen molar-refractivity contribution < 1.29 is 10.0 Å². The molecule has 1 amide bonds. The number of aromatic nitrogens is 2. The number of aromatic amines is 1. The van der Waals surface area contributed by atoms with Gasteiger partial charge in [0.15, 0.2) is 5.84 Å². The molecule has 1 unspecified atom stereocenters. The summed E-state index contributed by atoms with van der Waals surface area (Å²) in [7, 11) is 0. The van der Waals surface area contributed by atoms with Crippen molar-refractivity contribution in [1.29, 1.82) is 0 Å². The van der Waals surface area contributed by atoms with E-state index in [1.54, 1.807) is 6.20 Å². The number of nitrogens with one attached hydrogen (secondary N) is 2. The first-order valence-corrected chi connectivity index (χ1v) is 5.28. The zero-order valence-electron chi connectivity index (χ0n) is 9.84. The number of nitrogens with zero attached hydrogens (tertiary/aromatic N) is 2. The van der Waals surface area contributed by atoms with Gasteiger partial charge in [0.25, 0.3) is 0 Å². The molecule has 17 heavy (non-hydrogen) atoms. The summed E-state index contributed by atoms with van der Waals surface area (Å²) < 4.78 is 0. The molecule has 0 aliphatic carbocycles. The van der Waals surface area contributed by atoms with Crippen molar-refractivity contribution in [3.63, 3.8) is 0 Å². The molecular weight excluding hydrogens is 222 g/mol. The van der Waals surface area contributed by atoms with E-state index in [0.29, 0.717) is 6.54 Å². The summed E-state index contributed by atoms with van der Waals surface area (Å²) in [5, 5.41) is 14.2. The van der Waals surface area contributed by atoms with Gasteiger partial charge in [-0.05, 0) is 5.92 Å². The Morgan fingerprint density at radius 2 is 2.41 bits per heavy atom. The van der Waals surface area contributed by atoms with E-state index in [1.807, 2.05) is 13.8 Å². The maximum absolute atomic E-state index is 11.9. The lowest BCUT2D eigenvalue weighted by atomic mass is 9.94. The van der Waals surface area contributed by atoms with Crippen molar-refractivity contribution in [2.24, 2.45) is 22.7 Å². The highest BCUT2D eigenvalue weighted by Gasteiger charge is 2.26. The number of nitrogens with two attached hydrogens (primary N) is 1. The van der Waals surface area contributed by atoms with Crippen molar-refractivity contribution in [2.75, 3.05) is 0 Å². The molecule has 0 bridgehead atoms. The Morgan fingerprint density at radius 1 is 1.71 bits per heavy atom. The average Bonchev–Trinajstić information content (AvgIpc) is 2.78. The van der Waals surface area contributed by atoms with Gasteiger partial charge in [0.1, 0.15) is 5.92 Å². The first kappa shape index (κ1) is 13.0. The third-order valence-electron chi connectivity index (χ3n) is 2.39. The van der Waals surface area contributed by atoms with Crippen LogP contribution in [0.4, 0.5) is 0 Å². The summed E-state index contributed by atoms with van der Waals surface area (Å²) >= 11 is 0. The van der Waals surface area contributed by atoms with Crippen LogP contribution in [-0.2, 0) is 11.3 Å². The zero-order chi connectivity index (χ0) is 12.8. The smallest absolute Gasteiger partial charge is 0.231 e. The average molecular weight is 239 g/mol. The summed E-state index contributed by atoms with van der Waals surface area (Å²) in [5.74, 6) is -1.04. The van der Waals surface area contributed by atoms with Crippen LogP contribution in [0.25, 0.3) is 0 Å². The Balaban J connectivity index is 2.60. The van der Waals surface area contributed by atoms with E-state index < -0.39 is 5.92 Å². The number of hydrogen-bond donors (Lipinski definition) is 4. The number of H-pyrrole nitrogens is 1. The van der Waals surface area contributed by atoms with E-state index in [2.05, 4.69) is 20.4 Å². The number of amidine groups is 1. The van der Waals surface area contributed by atoms with Gasteiger partial charge in [-0.15, -0.1) is 0 Å². The zero-order valence-corrected chi connectivity index (χ0v) is 9.84. The molecule has 94 valence electrons. The van der Waals surface area contributed by atoms with Crippen LogP contribution in [0.15, 0.2) is 17.7 Å². The van der Waals surface area contributed by atoms with E-state index in [9.17, 15) is 4.79 Å². The minimum absolute atomic E-state index is 0.0485. The Labute approximate surface area is 99.1 Å². The van der Waals surface area contributed by atoms with E-state index in [4.69, 9.17) is 10.9 Å². The largest absolute Gasteiger partial charge is 0.409 e. The van der Waals surface area contributed by atoms with Crippen LogP contribution >= 0.6 is 0 Å². The first-order chi connectivity index (χ1) is 8.06. The number of carbonyl (C=O) groups is 1. The summed E-state index contributed by atoms with van der Waals surface area (Å²) in [6.07, 6.45) is 3.15. The van der Waals surface area contributed by atoms with Crippen LogP contribution in [-0.4, -0.2) is 26.9 Å². The molecule has 5 N–H and O–H groups in total. The van der Waals surface area contributed by atoms with Crippen LogP contribution in [0.1, 0.15) is 19.5 Å². The number of amides is 1. The van der Waals surface area contributed by atoms with Gasteiger partial charge in [0.05, 0.1) is 18.6 Å². The number of rotatable bonds is 5. The van der Waals surface area contributed by atoms with Gasteiger partial charge in [-0.2, -0.15) is 0 Å². The van der Waals surface area contributed by atoms with Crippen LogP contribution in [0, 0.1) is 11.8 Å². The van der Waals surface area contributed by atoms with E-state index in [0.717, 1.165) is 5.69 Å². The highest BCUT2D eigenvalue weighted by molar-refractivity contribution is 6.02. The van der Waals surface area contributed by atoms with Crippen molar-refractivity contribution in [2.45, 2.75) is 20.4 Å². The lowest BCUT2D eigenvalue weighted by Crippen LogP contribution is -2.41. The van der Waals surface area contributed by atoms with Gasteiger partial charge in [0, 0.05) is 6.20 Å². The minimum Gasteiger partial charge on any atom is -0.409 e. The topological polar surface area (TPSA) is 116 Å². The molecule has 0 radical (unpaired) electrons. The fraction of sp³-hybridized carbons (Fsp3) is 0.500. The number of imidazole rings is 1. The Bertz CT molecular complexity index is 385. The highest BCUT2D eigenvalue weighted by atomic mass is 16.4. The molecular formula is C10H17N5O2. The van der Waals surface area contributed by atoms with Crippen LogP contribution in [0.3, 0.4) is 0 Å². The molecule has 0 aliphatic rings. The van der Waals surface area contributed by atoms with Gasteiger partial charge < -0.3 is 21.2 Å². The molecule has 7 heteroatoms. The lowest BCUT2D eigenvalue weighted by Gasteiger charge is -2.18. The van der Waals surface area contributed by atoms with Crippen molar-refractivity contribution >= 4 is 11.7 Å². The highest BCUT2D eigenvalue weighted by Crippen LogP contribution is 2.11. The molecule has 1 rings (SSSR count). The molecule has 0 spiro atoms. The van der Waals surface area contributed by atoms with Gasteiger partial charge in [-0.1, -0.05) is 19.0 Å². The van der Waals surface area contributed by atoms with Gasteiger partial charge >= 0.3 is 0 Å². The Hall–Kier alpha value is -2.05. The van der Waals surface area contributed by atoms with Crippen molar-refractivity contribution in [3.05, 3.63) is 18.2 Å². The standard InChI is InChI=1S/C10H17N5O2/c1-6(2)8(9(11)15-17)10(16)13-4-7-3-12-5-14-7/h3,5-6,8,17H,4H2,1-2H3,(H2,11,15)(H,12,14)(H,13,16). The third-order valence-corrected chi connectivity index (χ3v) is 2.39. The van der Waals surface area contributed by atoms with E-state index in [-0.39, 0.29) is 17.7 Å².